The maximum absolute atomic E-state index is 13.6. The first-order valence-corrected chi connectivity index (χ1v) is 7.05. The molecule has 5 heteroatoms. The van der Waals surface area contributed by atoms with Crippen molar-refractivity contribution in [2.24, 2.45) is 11.8 Å². The lowest BCUT2D eigenvalue weighted by Crippen LogP contribution is -2.09. The Kier molecular flexibility index (Phi) is 1.87. The highest BCUT2D eigenvalue weighted by atomic mass is 32.2. The molecular formula is C11H12FNO2S. The lowest BCUT2D eigenvalue weighted by Gasteiger charge is -2.06. The van der Waals surface area contributed by atoms with Gasteiger partial charge in [-0.15, -0.1) is 0 Å². The van der Waals surface area contributed by atoms with Gasteiger partial charge in [0.25, 0.3) is 0 Å². The fraction of sp³-hybridized carbons (Fsp3) is 0.455. The number of anilines is 1. The lowest BCUT2D eigenvalue weighted by molar-refractivity contribution is 0.588. The van der Waals surface area contributed by atoms with Crippen LogP contribution in [0.5, 0.6) is 0 Å². The molecule has 0 amide bonds. The minimum Gasteiger partial charge on any atom is -0.399 e. The van der Waals surface area contributed by atoms with Crippen LogP contribution < -0.4 is 5.73 Å². The number of rotatable bonds is 1. The van der Waals surface area contributed by atoms with Gasteiger partial charge >= 0.3 is 0 Å². The topological polar surface area (TPSA) is 60.2 Å². The minimum atomic E-state index is -2.85. The summed E-state index contributed by atoms with van der Waals surface area (Å²) in [6, 6.07) is 4.65. The molecule has 0 radical (unpaired) electrons. The molecule has 2 aliphatic rings. The fourth-order valence-corrected chi connectivity index (χ4v) is 5.05. The Morgan fingerprint density at radius 1 is 1.25 bits per heavy atom. The molecule has 2 N–H and O–H groups in total. The number of halogens is 1. The van der Waals surface area contributed by atoms with Crippen molar-refractivity contribution < 1.29 is 12.8 Å². The standard InChI is InChI=1S/C11H12FNO2S/c12-10-3-6(13)1-2-7(10)11-8-4-16(14,15)5-9(8)11/h1-3,8-9,11H,4-5,13H2/t8-,9+,11?. The van der Waals surface area contributed by atoms with Gasteiger partial charge in [0, 0.05) is 5.69 Å². The average molecular weight is 241 g/mol. The van der Waals surface area contributed by atoms with Gasteiger partial charge < -0.3 is 5.73 Å². The van der Waals surface area contributed by atoms with Gasteiger partial charge in [0.2, 0.25) is 0 Å². The van der Waals surface area contributed by atoms with Gasteiger partial charge in [-0.3, -0.25) is 0 Å². The van der Waals surface area contributed by atoms with Gasteiger partial charge in [-0.1, -0.05) is 6.07 Å². The van der Waals surface area contributed by atoms with Crippen LogP contribution in [0.1, 0.15) is 11.5 Å². The summed E-state index contributed by atoms with van der Waals surface area (Å²) < 4.78 is 36.2. The first-order valence-electron chi connectivity index (χ1n) is 5.23. The molecule has 1 aliphatic carbocycles. The number of fused-ring (bicyclic) bond motifs is 1. The Morgan fingerprint density at radius 2 is 1.88 bits per heavy atom. The van der Waals surface area contributed by atoms with Gasteiger partial charge in [0.05, 0.1) is 11.5 Å². The van der Waals surface area contributed by atoms with Crippen molar-refractivity contribution in [3.63, 3.8) is 0 Å². The van der Waals surface area contributed by atoms with Crippen LogP contribution in [0.4, 0.5) is 10.1 Å². The van der Waals surface area contributed by atoms with Crippen LogP contribution in [0.25, 0.3) is 0 Å². The molecule has 2 fully saturated rings. The summed E-state index contributed by atoms with van der Waals surface area (Å²) in [5, 5.41) is 0. The first-order chi connectivity index (χ1) is 7.48. The Balaban J connectivity index is 1.88. The van der Waals surface area contributed by atoms with Gasteiger partial charge in [-0.05, 0) is 35.4 Å². The third kappa shape index (κ3) is 1.42. The predicted octanol–water partition coefficient (Wildman–Crippen LogP) is 1.17. The van der Waals surface area contributed by atoms with E-state index in [4.69, 9.17) is 5.73 Å². The number of nitrogens with two attached hydrogens (primary N) is 1. The highest BCUT2D eigenvalue weighted by Gasteiger charge is 2.59. The number of benzene rings is 1. The zero-order valence-electron chi connectivity index (χ0n) is 8.56. The molecule has 1 aromatic carbocycles. The SMILES string of the molecule is Nc1ccc(C2[C@H]3CS(=O)(=O)C[C@@H]23)c(F)c1. The molecule has 3 atom stereocenters. The summed E-state index contributed by atoms with van der Waals surface area (Å²) in [6.45, 7) is 0. The third-order valence-corrected chi connectivity index (χ3v) is 5.39. The molecule has 3 nitrogen and oxygen atoms in total. The molecule has 0 bridgehead atoms. The van der Waals surface area contributed by atoms with E-state index >= 15 is 0 Å². The quantitative estimate of drug-likeness (QED) is 0.751. The molecule has 1 saturated heterocycles. The molecule has 1 aliphatic heterocycles. The van der Waals surface area contributed by atoms with E-state index in [9.17, 15) is 12.8 Å². The van der Waals surface area contributed by atoms with E-state index in [-0.39, 0.29) is 35.1 Å². The van der Waals surface area contributed by atoms with E-state index in [1.807, 2.05) is 0 Å². The van der Waals surface area contributed by atoms with Crippen molar-refractivity contribution in [1.82, 2.24) is 0 Å². The molecule has 1 unspecified atom stereocenters. The minimum absolute atomic E-state index is 0.0872. The summed E-state index contributed by atoms with van der Waals surface area (Å²) in [6.07, 6.45) is 0. The molecule has 1 saturated carbocycles. The first kappa shape index (κ1) is 10.1. The van der Waals surface area contributed by atoms with E-state index in [1.54, 1.807) is 12.1 Å². The zero-order valence-corrected chi connectivity index (χ0v) is 9.37. The maximum Gasteiger partial charge on any atom is 0.150 e. The molecule has 1 heterocycles. The van der Waals surface area contributed by atoms with Gasteiger partial charge in [0.15, 0.2) is 9.84 Å². The van der Waals surface area contributed by atoms with E-state index in [1.165, 1.54) is 6.07 Å². The van der Waals surface area contributed by atoms with Crippen molar-refractivity contribution >= 4 is 15.5 Å². The number of nitrogen functional groups attached to an aromatic ring is 1. The van der Waals surface area contributed by atoms with Gasteiger partial charge in [0.1, 0.15) is 5.82 Å². The van der Waals surface area contributed by atoms with E-state index in [2.05, 4.69) is 0 Å². The summed E-state index contributed by atoms with van der Waals surface area (Å²) >= 11 is 0. The number of sulfone groups is 1. The Hall–Kier alpha value is -1.10. The molecule has 0 aromatic heterocycles. The normalized spacial score (nSPS) is 34.7. The fourth-order valence-electron chi connectivity index (χ4n) is 2.83. The molecule has 3 rings (SSSR count). The van der Waals surface area contributed by atoms with Crippen LogP contribution >= 0.6 is 0 Å². The van der Waals surface area contributed by atoms with E-state index < -0.39 is 9.84 Å². The van der Waals surface area contributed by atoms with Gasteiger partial charge in [-0.25, -0.2) is 12.8 Å². The molecule has 16 heavy (non-hydrogen) atoms. The van der Waals surface area contributed by atoms with Gasteiger partial charge in [-0.2, -0.15) is 0 Å². The Labute approximate surface area is 93.4 Å². The highest BCUT2D eigenvalue weighted by Crippen LogP contribution is 2.59. The molecular weight excluding hydrogens is 229 g/mol. The van der Waals surface area contributed by atoms with Crippen LogP contribution in [-0.4, -0.2) is 19.9 Å². The summed E-state index contributed by atoms with van der Waals surface area (Å²) in [4.78, 5) is 0. The van der Waals surface area contributed by atoms with Crippen LogP contribution in [0, 0.1) is 17.7 Å². The Bertz CT molecular complexity index is 537. The van der Waals surface area contributed by atoms with Crippen molar-refractivity contribution in [2.75, 3.05) is 17.2 Å². The van der Waals surface area contributed by atoms with Crippen molar-refractivity contribution in [3.8, 4) is 0 Å². The van der Waals surface area contributed by atoms with Crippen molar-refractivity contribution in [3.05, 3.63) is 29.6 Å². The summed E-state index contributed by atoms with van der Waals surface area (Å²) in [7, 11) is -2.85. The van der Waals surface area contributed by atoms with Crippen LogP contribution in [0.3, 0.4) is 0 Å². The smallest absolute Gasteiger partial charge is 0.150 e. The lowest BCUT2D eigenvalue weighted by atomic mass is 10.1. The van der Waals surface area contributed by atoms with E-state index in [0.29, 0.717) is 11.3 Å². The van der Waals surface area contributed by atoms with Crippen molar-refractivity contribution in [2.45, 2.75) is 5.92 Å². The second-order valence-corrected chi connectivity index (χ2v) is 6.87. The Morgan fingerprint density at radius 3 is 2.44 bits per heavy atom. The zero-order chi connectivity index (χ0) is 11.5. The number of hydrogen-bond acceptors (Lipinski definition) is 3. The monoisotopic (exact) mass is 241 g/mol. The van der Waals surface area contributed by atoms with Crippen LogP contribution in [0.15, 0.2) is 18.2 Å². The molecule has 1 aromatic rings. The predicted molar refractivity (Wildman–Crippen MR) is 59.2 cm³/mol. The molecule has 0 spiro atoms. The maximum atomic E-state index is 13.6. The second-order valence-electron chi connectivity index (χ2n) is 4.71. The second kappa shape index (κ2) is 2.97. The number of hydrogen-bond donors (Lipinski definition) is 1. The van der Waals surface area contributed by atoms with Crippen LogP contribution in [0.2, 0.25) is 0 Å². The highest BCUT2D eigenvalue weighted by molar-refractivity contribution is 7.91. The van der Waals surface area contributed by atoms with Crippen LogP contribution in [-0.2, 0) is 9.84 Å². The van der Waals surface area contributed by atoms with E-state index in [0.717, 1.165) is 0 Å². The largest absolute Gasteiger partial charge is 0.399 e. The van der Waals surface area contributed by atoms with Crippen molar-refractivity contribution in [1.29, 1.82) is 0 Å². The summed E-state index contributed by atoms with van der Waals surface area (Å²) in [5.74, 6) is 0.463. The summed E-state index contributed by atoms with van der Waals surface area (Å²) in [5.41, 5.74) is 6.50. The third-order valence-electron chi connectivity index (χ3n) is 3.61. The molecule has 86 valence electrons. The average Bonchev–Trinajstić information content (AvgIpc) is 2.68.